The first-order valence-corrected chi connectivity index (χ1v) is 8.01. The Hall–Kier alpha value is -1.30. The number of carbonyl (C=O) groups is 2. The van der Waals surface area contributed by atoms with Crippen molar-refractivity contribution in [2.75, 3.05) is 26.2 Å². The Labute approximate surface area is 126 Å². The minimum Gasteiger partial charge on any atom is -0.480 e. The van der Waals surface area contributed by atoms with Gasteiger partial charge in [0.15, 0.2) is 0 Å². The van der Waals surface area contributed by atoms with Gasteiger partial charge in [-0.25, -0.2) is 9.59 Å². The lowest BCUT2D eigenvalue weighted by atomic mass is 9.99. The highest BCUT2D eigenvalue weighted by Crippen LogP contribution is 2.29. The van der Waals surface area contributed by atoms with Crippen molar-refractivity contribution < 1.29 is 14.7 Å². The van der Waals surface area contributed by atoms with Crippen LogP contribution in [0.5, 0.6) is 0 Å². The van der Waals surface area contributed by atoms with Crippen molar-refractivity contribution in [2.24, 2.45) is 0 Å². The van der Waals surface area contributed by atoms with Crippen LogP contribution in [0.1, 0.15) is 46.0 Å². The van der Waals surface area contributed by atoms with Gasteiger partial charge in [-0.3, -0.25) is 0 Å². The zero-order chi connectivity index (χ0) is 15.5. The van der Waals surface area contributed by atoms with E-state index in [0.717, 1.165) is 45.3 Å². The third-order valence-corrected chi connectivity index (χ3v) is 4.80. The minimum atomic E-state index is -1.05. The van der Waals surface area contributed by atoms with E-state index in [-0.39, 0.29) is 12.1 Å². The van der Waals surface area contributed by atoms with E-state index in [1.807, 2.05) is 0 Å². The molecule has 2 heterocycles. The van der Waals surface area contributed by atoms with Crippen LogP contribution in [-0.2, 0) is 4.79 Å². The Bertz CT molecular complexity index is 394. The molecule has 0 radical (unpaired) electrons. The fourth-order valence-electron chi connectivity index (χ4n) is 3.38. The fourth-order valence-corrected chi connectivity index (χ4v) is 3.38. The summed E-state index contributed by atoms with van der Waals surface area (Å²) >= 11 is 0. The first-order chi connectivity index (χ1) is 9.97. The Morgan fingerprint density at radius 1 is 1.29 bits per heavy atom. The molecule has 1 unspecified atom stereocenters. The van der Waals surface area contributed by atoms with Gasteiger partial charge in [-0.15, -0.1) is 0 Å². The van der Waals surface area contributed by atoms with Gasteiger partial charge in [0.25, 0.3) is 0 Å². The van der Waals surface area contributed by atoms with Gasteiger partial charge in [-0.1, -0.05) is 6.92 Å². The summed E-state index contributed by atoms with van der Waals surface area (Å²) in [7, 11) is 0. The van der Waals surface area contributed by atoms with Crippen LogP contribution in [0.25, 0.3) is 0 Å². The first kappa shape index (κ1) is 16.1. The maximum absolute atomic E-state index is 12.4. The molecule has 120 valence electrons. The van der Waals surface area contributed by atoms with Crippen molar-refractivity contribution in [3.63, 3.8) is 0 Å². The smallest absolute Gasteiger partial charge is 0.329 e. The summed E-state index contributed by atoms with van der Waals surface area (Å²) in [6.07, 6.45) is 4.34. The maximum atomic E-state index is 12.4. The summed E-state index contributed by atoms with van der Waals surface area (Å²) in [6, 6.07) is -0.0457. The number of hydrogen-bond acceptors (Lipinski definition) is 3. The molecule has 6 nitrogen and oxygen atoms in total. The summed E-state index contributed by atoms with van der Waals surface area (Å²) < 4.78 is 0. The second-order valence-corrected chi connectivity index (χ2v) is 6.40. The zero-order valence-electron chi connectivity index (χ0n) is 13.1. The molecular weight excluding hydrogens is 270 g/mol. The lowest BCUT2D eigenvalue weighted by Gasteiger charge is -2.36. The third kappa shape index (κ3) is 3.48. The van der Waals surface area contributed by atoms with Crippen LogP contribution in [0.3, 0.4) is 0 Å². The Morgan fingerprint density at radius 2 is 1.95 bits per heavy atom. The van der Waals surface area contributed by atoms with E-state index in [9.17, 15) is 14.7 Å². The molecule has 0 aromatic heterocycles. The van der Waals surface area contributed by atoms with Crippen molar-refractivity contribution >= 4 is 12.0 Å². The molecule has 6 heteroatoms. The van der Waals surface area contributed by atoms with Crippen molar-refractivity contribution in [3.8, 4) is 0 Å². The molecule has 0 aliphatic carbocycles. The van der Waals surface area contributed by atoms with Crippen LogP contribution >= 0.6 is 0 Å². The average molecular weight is 297 g/mol. The zero-order valence-corrected chi connectivity index (χ0v) is 13.1. The molecule has 0 saturated carbocycles. The van der Waals surface area contributed by atoms with Crippen LogP contribution in [0.15, 0.2) is 0 Å². The van der Waals surface area contributed by atoms with Crippen LogP contribution in [-0.4, -0.2) is 64.7 Å². The minimum absolute atomic E-state index is 0.171. The van der Waals surface area contributed by atoms with Crippen LogP contribution < -0.4 is 5.32 Å². The standard InChI is InChI=1S/C15H27N3O3/c1-3-8-17-10-5-12(6-11-17)16-14(21)18-9-4-7-15(18,2)13(19)20/h12H,3-11H2,1-2H3,(H,16,21)(H,19,20). The first-order valence-electron chi connectivity index (χ1n) is 8.01. The Balaban J connectivity index is 1.86. The van der Waals surface area contributed by atoms with Gasteiger partial charge in [0, 0.05) is 25.7 Å². The summed E-state index contributed by atoms with van der Waals surface area (Å²) in [6.45, 7) is 7.48. The van der Waals surface area contributed by atoms with E-state index in [2.05, 4.69) is 17.1 Å². The van der Waals surface area contributed by atoms with E-state index < -0.39 is 11.5 Å². The van der Waals surface area contributed by atoms with Gasteiger partial charge in [-0.2, -0.15) is 0 Å². The number of likely N-dealkylation sites (tertiary alicyclic amines) is 2. The predicted octanol–water partition coefficient (Wildman–Crippen LogP) is 1.51. The van der Waals surface area contributed by atoms with E-state index in [0.29, 0.717) is 13.0 Å². The molecule has 0 aromatic carbocycles. The number of urea groups is 1. The molecule has 2 amide bonds. The molecule has 2 saturated heterocycles. The fraction of sp³-hybridized carbons (Fsp3) is 0.867. The monoisotopic (exact) mass is 297 g/mol. The van der Waals surface area contributed by atoms with Crippen molar-refractivity contribution in [1.29, 1.82) is 0 Å². The molecule has 2 N–H and O–H groups in total. The number of carboxylic acid groups (broad SMARTS) is 1. The summed E-state index contributed by atoms with van der Waals surface area (Å²) in [4.78, 5) is 27.7. The molecule has 2 rings (SSSR count). The van der Waals surface area contributed by atoms with Crippen molar-refractivity contribution in [3.05, 3.63) is 0 Å². The predicted molar refractivity (Wildman–Crippen MR) is 80.3 cm³/mol. The second kappa shape index (κ2) is 6.64. The van der Waals surface area contributed by atoms with Gasteiger partial charge in [0.1, 0.15) is 5.54 Å². The van der Waals surface area contributed by atoms with Crippen LogP contribution in [0, 0.1) is 0 Å². The van der Waals surface area contributed by atoms with Crippen LogP contribution in [0.4, 0.5) is 4.79 Å². The number of aliphatic carboxylic acids is 1. The number of amides is 2. The van der Waals surface area contributed by atoms with Gasteiger partial charge < -0.3 is 20.2 Å². The number of nitrogens with one attached hydrogen (secondary N) is 1. The van der Waals surface area contributed by atoms with Gasteiger partial charge >= 0.3 is 12.0 Å². The molecule has 21 heavy (non-hydrogen) atoms. The largest absolute Gasteiger partial charge is 0.480 e. The lowest BCUT2D eigenvalue weighted by molar-refractivity contribution is -0.147. The molecule has 2 aliphatic rings. The molecule has 0 aromatic rings. The third-order valence-electron chi connectivity index (χ3n) is 4.80. The Morgan fingerprint density at radius 3 is 2.52 bits per heavy atom. The van der Waals surface area contributed by atoms with Crippen molar-refractivity contribution in [1.82, 2.24) is 15.1 Å². The molecule has 2 fully saturated rings. The van der Waals surface area contributed by atoms with Crippen LogP contribution in [0.2, 0.25) is 0 Å². The molecule has 2 aliphatic heterocycles. The van der Waals surface area contributed by atoms with E-state index in [1.54, 1.807) is 6.92 Å². The van der Waals surface area contributed by atoms with E-state index in [1.165, 1.54) is 4.90 Å². The van der Waals surface area contributed by atoms with E-state index in [4.69, 9.17) is 0 Å². The van der Waals surface area contributed by atoms with Gasteiger partial charge in [0.2, 0.25) is 0 Å². The highest BCUT2D eigenvalue weighted by molar-refractivity contribution is 5.86. The molecule has 0 bridgehead atoms. The average Bonchev–Trinajstić information content (AvgIpc) is 2.85. The Kier molecular flexibility index (Phi) is 5.08. The SMILES string of the molecule is CCCN1CCC(NC(=O)N2CCCC2(C)C(=O)O)CC1. The van der Waals surface area contributed by atoms with Gasteiger partial charge in [0.05, 0.1) is 0 Å². The topological polar surface area (TPSA) is 72.9 Å². The quantitative estimate of drug-likeness (QED) is 0.825. The number of carbonyl (C=O) groups excluding carboxylic acids is 1. The molecule has 1 atom stereocenters. The van der Waals surface area contributed by atoms with Crippen molar-refractivity contribution in [2.45, 2.75) is 57.5 Å². The summed E-state index contributed by atoms with van der Waals surface area (Å²) in [5, 5.41) is 12.4. The van der Waals surface area contributed by atoms with E-state index >= 15 is 0 Å². The second-order valence-electron chi connectivity index (χ2n) is 6.40. The maximum Gasteiger partial charge on any atom is 0.329 e. The lowest BCUT2D eigenvalue weighted by Crippen LogP contribution is -2.56. The molecular formula is C15H27N3O3. The van der Waals surface area contributed by atoms with Gasteiger partial charge in [-0.05, 0) is 45.6 Å². The highest BCUT2D eigenvalue weighted by atomic mass is 16.4. The number of rotatable bonds is 4. The molecule has 0 spiro atoms. The summed E-state index contributed by atoms with van der Waals surface area (Å²) in [5.41, 5.74) is -1.05. The summed E-state index contributed by atoms with van der Waals surface area (Å²) in [5.74, 6) is -0.909. The number of carboxylic acids is 1. The highest BCUT2D eigenvalue weighted by Gasteiger charge is 2.46. The number of nitrogens with zero attached hydrogens (tertiary/aromatic N) is 2. The number of hydrogen-bond donors (Lipinski definition) is 2. The normalized spacial score (nSPS) is 27.8. The number of piperidine rings is 1.